The summed E-state index contributed by atoms with van der Waals surface area (Å²) >= 11 is 0. The van der Waals surface area contributed by atoms with Crippen molar-refractivity contribution >= 4 is 5.65 Å². The molecule has 2 aromatic heterocycles. The second kappa shape index (κ2) is 5.50. The Balaban J connectivity index is 2.36. The van der Waals surface area contributed by atoms with Crippen LogP contribution in [0.2, 0.25) is 0 Å². The minimum absolute atomic E-state index is 0.0401. The van der Waals surface area contributed by atoms with Gasteiger partial charge in [0.15, 0.2) is 0 Å². The average Bonchev–Trinajstić information content (AvgIpc) is 2.38. The van der Waals surface area contributed by atoms with Gasteiger partial charge in [0, 0.05) is 24.8 Å². The summed E-state index contributed by atoms with van der Waals surface area (Å²) in [6.45, 7) is 4.50. The Morgan fingerprint density at radius 3 is 2.89 bits per heavy atom. The minimum atomic E-state index is -0.0752. The number of aryl methyl sites for hydroxylation is 1. The molecule has 0 bridgehead atoms. The van der Waals surface area contributed by atoms with Gasteiger partial charge >= 0.3 is 0 Å². The van der Waals surface area contributed by atoms with E-state index in [4.69, 9.17) is 5.11 Å². The van der Waals surface area contributed by atoms with E-state index in [1.54, 1.807) is 16.7 Å². The van der Waals surface area contributed by atoms with E-state index >= 15 is 0 Å². The molecule has 5 nitrogen and oxygen atoms in total. The van der Waals surface area contributed by atoms with Crippen molar-refractivity contribution in [2.24, 2.45) is 0 Å². The van der Waals surface area contributed by atoms with Crippen LogP contribution in [0, 0.1) is 6.92 Å². The Kier molecular flexibility index (Phi) is 3.97. The highest BCUT2D eigenvalue weighted by molar-refractivity contribution is 5.39. The normalized spacial score (nSPS) is 13.1. The monoisotopic (exact) mass is 261 g/mol. The lowest BCUT2D eigenvalue weighted by Gasteiger charge is -2.22. The molecule has 102 valence electrons. The standard InChI is InChI=1S/C14H19N3O2/c1-10-4-5-13-15-12(6-14(19)17(13)7-10)8-16(3)11(2)9-18/h4-7,11,18H,8-9H2,1-3H3. The van der Waals surface area contributed by atoms with Crippen LogP contribution >= 0.6 is 0 Å². The number of fused-ring (bicyclic) bond motifs is 1. The molecule has 2 aromatic rings. The summed E-state index contributed by atoms with van der Waals surface area (Å²) in [5, 5.41) is 9.11. The summed E-state index contributed by atoms with van der Waals surface area (Å²) in [5.41, 5.74) is 2.32. The van der Waals surface area contributed by atoms with E-state index in [2.05, 4.69) is 4.98 Å². The molecule has 19 heavy (non-hydrogen) atoms. The Labute approximate surface area is 112 Å². The fourth-order valence-corrected chi connectivity index (χ4v) is 1.89. The maximum absolute atomic E-state index is 12.0. The molecule has 0 aliphatic heterocycles. The quantitative estimate of drug-likeness (QED) is 0.885. The number of nitrogens with zero attached hydrogens (tertiary/aromatic N) is 3. The lowest BCUT2D eigenvalue weighted by atomic mass is 10.2. The van der Waals surface area contributed by atoms with Crippen LogP contribution in [0.3, 0.4) is 0 Å². The van der Waals surface area contributed by atoms with Gasteiger partial charge in [-0.2, -0.15) is 0 Å². The van der Waals surface area contributed by atoms with E-state index in [0.717, 1.165) is 11.3 Å². The molecule has 5 heteroatoms. The highest BCUT2D eigenvalue weighted by Crippen LogP contribution is 2.05. The Hall–Kier alpha value is -1.72. The van der Waals surface area contributed by atoms with Crippen molar-refractivity contribution in [1.29, 1.82) is 0 Å². The number of aromatic nitrogens is 2. The third-order valence-corrected chi connectivity index (χ3v) is 3.29. The molecule has 2 heterocycles. The van der Waals surface area contributed by atoms with E-state index in [-0.39, 0.29) is 18.2 Å². The van der Waals surface area contributed by atoms with Gasteiger partial charge in [0.1, 0.15) is 5.65 Å². The number of hydrogen-bond acceptors (Lipinski definition) is 4. The van der Waals surface area contributed by atoms with E-state index in [1.807, 2.05) is 37.9 Å². The summed E-state index contributed by atoms with van der Waals surface area (Å²) in [5.74, 6) is 0. The fraction of sp³-hybridized carbons (Fsp3) is 0.429. The van der Waals surface area contributed by atoms with Gasteiger partial charge in [0.05, 0.1) is 12.3 Å². The molecule has 0 spiro atoms. The second-order valence-corrected chi connectivity index (χ2v) is 4.97. The van der Waals surface area contributed by atoms with Crippen molar-refractivity contribution < 1.29 is 5.11 Å². The molecule has 0 aliphatic carbocycles. The predicted molar refractivity (Wildman–Crippen MR) is 74.2 cm³/mol. The Bertz CT molecular complexity index is 636. The van der Waals surface area contributed by atoms with Crippen LogP contribution in [0.5, 0.6) is 0 Å². The second-order valence-electron chi connectivity index (χ2n) is 4.97. The summed E-state index contributed by atoms with van der Waals surface area (Å²) < 4.78 is 1.55. The van der Waals surface area contributed by atoms with Crippen LogP contribution < -0.4 is 5.56 Å². The molecule has 1 atom stereocenters. The highest BCUT2D eigenvalue weighted by Gasteiger charge is 2.10. The first-order valence-corrected chi connectivity index (χ1v) is 6.31. The molecule has 1 N–H and O–H groups in total. The largest absolute Gasteiger partial charge is 0.395 e. The van der Waals surface area contributed by atoms with Crippen molar-refractivity contribution in [3.05, 3.63) is 46.0 Å². The molecular formula is C14H19N3O2. The third-order valence-electron chi connectivity index (χ3n) is 3.29. The molecule has 0 amide bonds. The predicted octanol–water partition coefficient (Wildman–Crippen LogP) is 0.816. The minimum Gasteiger partial charge on any atom is -0.395 e. The molecule has 2 rings (SSSR count). The van der Waals surface area contributed by atoms with Gasteiger partial charge in [-0.3, -0.25) is 14.1 Å². The average molecular weight is 261 g/mol. The van der Waals surface area contributed by atoms with Gasteiger partial charge in [-0.15, -0.1) is 0 Å². The zero-order valence-corrected chi connectivity index (χ0v) is 11.5. The number of likely N-dealkylation sites (N-methyl/N-ethyl adjacent to an activating group) is 1. The first-order chi connectivity index (χ1) is 9.01. The molecular weight excluding hydrogens is 242 g/mol. The smallest absolute Gasteiger partial charge is 0.258 e. The number of hydrogen-bond donors (Lipinski definition) is 1. The van der Waals surface area contributed by atoms with Gasteiger partial charge in [0.25, 0.3) is 5.56 Å². The molecule has 0 saturated carbocycles. The van der Waals surface area contributed by atoms with Crippen molar-refractivity contribution in [3.8, 4) is 0 Å². The maximum Gasteiger partial charge on any atom is 0.258 e. The number of rotatable bonds is 4. The van der Waals surface area contributed by atoms with Gasteiger partial charge in [-0.25, -0.2) is 4.98 Å². The first kappa shape index (κ1) is 13.7. The van der Waals surface area contributed by atoms with E-state index in [1.165, 1.54) is 0 Å². The molecule has 0 radical (unpaired) electrons. The molecule has 0 fully saturated rings. The molecule has 1 unspecified atom stereocenters. The number of aliphatic hydroxyl groups is 1. The zero-order chi connectivity index (χ0) is 14.0. The zero-order valence-electron chi connectivity index (χ0n) is 11.5. The summed E-state index contributed by atoms with van der Waals surface area (Å²) in [6.07, 6.45) is 1.79. The van der Waals surface area contributed by atoms with Gasteiger partial charge in [0.2, 0.25) is 0 Å². The SMILES string of the molecule is Cc1ccc2nc(CN(C)C(C)CO)cc(=O)n2c1. The first-order valence-electron chi connectivity index (χ1n) is 6.31. The van der Waals surface area contributed by atoms with Crippen molar-refractivity contribution in [1.82, 2.24) is 14.3 Å². The van der Waals surface area contributed by atoms with Crippen molar-refractivity contribution in [2.75, 3.05) is 13.7 Å². The fourth-order valence-electron chi connectivity index (χ4n) is 1.89. The lowest BCUT2D eigenvalue weighted by molar-refractivity contribution is 0.153. The maximum atomic E-state index is 12.0. The van der Waals surface area contributed by atoms with Gasteiger partial charge in [-0.05, 0) is 32.5 Å². The lowest BCUT2D eigenvalue weighted by Crippen LogP contribution is -2.32. The van der Waals surface area contributed by atoms with Crippen LogP contribution in [-0.2, 0) is 6.54 Å². The van der Waals surface area contributed by atoms with Crippen LogP contribution in [-0.4, -0.2) is 39.1 Å². The van der Waals surface area contributed by atoms with Gasteiger partial charge < -0.3 is 5.11 Å². The molecule has 0 aliphatic rings. The van der Waals surface area contributed by atoms with E-state index < -0.39 is 0 Å². The summed E-state index contributed by atoms with van der Waals surface area (Å²) in [6, 6.07) is 5.37. The highest BCUT2D eigenvalue weighted by atomic mass is 16.3. The summed E-state index contributed by atoms with van der Waals surface area (Å²) in [7, 11) is 1.90. The van der Waals surface area contributed by atoms with E-state index in [9.17, 15) is 4.79 Å². The van der Waals surface area contributed by atoms with Crippen LogP contribution in [0.25, 0.3) is 5.65 Å². The summed E-state index contributed by atoms with van der Waals surface area (Å²) in [4.78, 5) is 18.5. The molecule has 0 saturated heterocycles. The van der Waals surface area contributed by atoms with Crippen molar-refractivity contribution in [2.45, 2.75) is 26.4 Å². The molecule has 0 aromatic carbocycles. The van der Waals surface area contributed by atoms with Gasteiger partial charge in [-0.1, -0.05) is 6.07 Å². The van der Waals surface area contributed by atoms with Crippen molar-refractivity contribution in [3.63, 3.8) is 0 Å². The number of aliphatic hydroxyl groups excluding tert-OH is 1. The van der Waals surface area contributed by atoms with Crippen LogP contribution in [0.15, 0.2) is 29.2 Å². The topological polar surface area (TPSA) is 57.8 Å². The number of pyridine rings is 1. The van der Waals surface area contributed by atoms with Crippen LogP contribution in [0.1, 0.15) is 18.2 Å². The van der Waals surface area contributed by atoms with Crippen LogP contribution in [0.4, 0.5) is 0 Å². The van der Waals surface area contributed by atoms with E-state index in [0.29, 0.717) is 12.2 Å². The Morgan fingerprint density at radius 1 is 1.47 bits per heavy atom. The third kappa shape index (κ3) is 3.00. The Morgan fingerprint density at radius 2 is 2.21 bits per heavy atom.